The van der Waals surface area contributed by atoms with E-state index >= 15 is 0 Å². The summed E-state index contributed by atoms with van der Waals surface area (Å²) in [4.78, 5) is 10.5. The van der Waals surface area contributed by atoms with Gasteiger partial charge in [0.25, 0.3) is 0 Å². The summed E-state index contributed by atoms with van der Waals surface area (Å²) in [7, 11) is 0. The Balaban J connectivity index is 1.25. The molecule has 3 aromatic heterocycles. The van der Waals surface area contributed by atoms with Crippen molar-refractivity contribution < 1.29 is 0 Å². The van der Waals surface area contributed by atoms with E-state index in [9.17, 15) is 0 Å². The number of benzene rings is 6. The Morgan fingerprint density at radius 3 is 1.84 bits per heavy atom. The highest BCUT2D eigenvalue weighted by Gasteiger charge is 2.22. The van der Waals surface area contributed by atoms with Crippen molar-refractivity contribution in [1.82, 2.24) is 19.1 Å². The van der Waals surface area contributed by atoms with E-state index in [1.807, 2.05) is 24.3 Å². The van der Waals surface area contributed by atoms with Gasteiger partial charge in [0, 0.05) is 55.7 Å². The second kappa shape index (κ2) is 14.4. The van der Waals surface area contributed by atoms with Crippen molar-refractivity contribution >= 4 is 40.0 Å². The van der Waals surface area contributed by atoms with E-state index in [4.69, 9.17) is 9.97 Å². The highest BCUT2D eigenvalue weighted by atomic mass is 15.0. The number of allylic oxidation sites excluding steroid dienone is 2. The quantitative estimate of drug-likeness (QED) is 0.156. The van der Waals surface area contributed by atoms with E-state index in [2.05, 4.69) is 186 Å². The third kappa shape index (κ3) is 6.03. The summed E-state index contributed by atoms with van der Waals surface area (Å²) in [6.07, 6.45) is 12.8. The van der Waals surface area contributed by atoms with Crippen molar-refractivity contribution in [3.63, 3.8) is 0 Å². The summed E-state index contributed by atoms with van der Waals surface area (Å²) < 4.78 is 4.85. The van der Waals surface area contributed by atoms with E-state index in [1.165, 1.54) is 33.3 Å². The third-order valence-electron chi connectivity index (χ3n) is 11.1. The lowest BCUT2D eigenvalue weighted by atomic mass is 10.0. The molecule has 0 N–H and O–H groups in total. The van der Waals surface area contributed by atoms with Crippen LogP contribution in [0.15, 0.2) is 176 Å². The summed E-state index contributed by atoms with van der Waals surface area (Å²) in [5, 5.41) is 2.43. The van der Waals surface area contributed by atoms with Crippen molar-refractivity contribution in [2.45, 2.75) is 19.8 Å². The van der Waals surface area contributed by atoms with Crippen molar-refractivity contribution in [1.29, 1.82) is 0 Å². The summed E-state index contributed by atoms with van der Waals surface area (Å²) in [5.74, 6) is 0.686. The predicted octanol–water partition coefficient (Wildman–Crippen LogP) is 13.7. The minimum Gasteiger partial charge on any atom is -0.313 e. The molecule has 272 valence electrons. The van der Waals surface area contributed by atoms with Crippen LogP contribution in [0.3, 0.4) is 0 Å². The first-order valence-corrected chi connectivity index (χ1v) is 19.6. The second-order valence-electron chi connectivity index (χ2n) is 14.5. The molecule has 3 heterocycles. The minimum absolute atomic E-state index is 0.686. The van der Waals surface area contributed by atoms with Gasteiger partial charge in [-0.25, -0.2) is 9.97 Å². The van der Waals surface area contributed by atoms with Crippen LogP contribution in [0.2, 0.25) is 0 Å². The molecule has 0 amide bonds. The molecule has 10 rings (SSSR count). The van der Waals surface area contributed by atoms with Crippen LogP contribution in [0.25, 0.3) is 96.4 Å². The zero-order valence-corrected chi connectivity index (χ0v) is 31.8. The lowest BCUT2D eigenvalue weighted by Crippen LogP contribution is -2.06. The van der Waals surface area contributed by atoms with Gasteiger partial charge in [-0.2, -0.15) is 0 Å². The van der Waals surface area contributed by atoms with Crippen LogP contribution in [-0.2, 0) is 6.42 Å². The molecular weight excluding hydrogens is 693 g/mol. The minimum atomic E-state index is 0.686. The Labute approximate surface area is 333 Å². The molecule has 0 bridgehead atoms. The molecule has 57 heavy (non-hydrogen) atoms. The first kappa shape index (κ1) is 34.2. The van der Waals surface area contributed by atoms with Crippen LogP contribution in [0.1, 0.15) is 35.9 Å². The molecule has 0 unspecified atom stereocenters. The first-order valence-electron chi connectivity index (χ1n) is 19.6. The number of rotatable bonds is 8. The molecule has 0 radical (unpaired) electrons. The monoisotopic (exact) mass is 732 g/mol. The number of aromatic nitrogens is 4. The zero-order chi connectivity index (χ0) is 38.3. The summed E-state index contributed by atoms with van der Waals surface area (Å²) in [5.41, 5.74) is 16.4. The van der Waals surface area contributed by atoms with E-state index < -0.39 is 0 Å². The molecule has 0 saturated heterocycles. The van der Waals surface area contributed by atoms with E-state index in [0.29, 0.717) is 5.82 Å². The van der Waals surface area contributed by atoms with Gasteiger partial charge in [0.1, 0.15) is 0 Å². The molecule has 0 saturated carbocycles. The zero-order valence-electron chi connectivity index (χ0n) is 31.8. The van der Waals surface area contributed by atoms with Crippen molar-refractivity contribution in [3.8, 4) is 56.4 Å². The van der Waals surface area contributed by atoms with Crippen molar-refractivity contribution in [2.75, 3.05) is 0 Å². The van der Waals surface area contributed by atoms with E-state index in [-0.39, 0.29) is 0 Å². The standard InChI is InChI=1S/C53H40N4/c1-3-17-49-43(4-2)44-22-11-14-25-50(44)56(49)41-32-40(33-42(34-41)57-51-26-15-12-23-45(51)46-24-13-16-27-52(46)57)48-35-47(54-53(55-48)39-20-9-6-10-21-39)38-30-28-37(29-31-38)36-18-7-5-8-19-36/h3-15,17-26,28-35H,2,16,27H2,1H3/b17-3-. The van der Waals surface area contributed by atoms with Gasteiger partial charge < -0.3 is 9.13 Å². The predicted molar refractivity (Wildman–Crippen MR) is 240 cm³/mol. The Bertz CT molecular complexity index is 3010. The second-order valence-corrected chi connectivity index (χ2v) is 14.5. The topological polar surface area (TPSA) is 35.6 Å². The molecule has 0 atom stereocenters. The van der Waals surface area contributed by atoms with Gasteiger partial charge in [0.05, 0.1) is 28.1 Å². The van der Waals surface area contributed by atoms with E-state index in [1.54, 1.807) is 0 Å². The van der Waals surface area contributed by atoms with Gasteiger partial charge >= 0.3 is 0 Å². The fraction of sp³-hybridized carbons (Fsp3) is 0.0566. The van der Waals surface area contributed by atoms with Gasteiger partial charge in [0.2, 0.25) is 0 Å². The summed E-state index contributed by atoms with van der Waals surface area (Å²) in [6.45, 7) is 6.33. The van der Waals surface area contributed by atoms with E-state index in [0.717, 1.165) is 74.5 Å². The summed E-state index contributed by atoms with van der Waals surface area (Å²) in [6, 6.07) is 56.0. The van der Waals surface area contributed by atoms with Crippen molar-refractivity contribution in [3.05, 3.63) is 199 Å². The molecule has 0 fully saturated rings. The largest absolute Gasteiger partial charge is 0.313 e. The number of hydrogen-bond donors (Lipinski definition) is 0. The maximum Gasteiger partial charge on any atom is 0.160 e. The van der Waals surface area contributed by atoms with Gasteiger partial charge in [-0.15, -0.1) is 0 Å². The smallest absolute Gasteiger partial charge is 0.160 e. The molecule has 4 nitrogen and oxygen atoms in total. The molecule has 4 heteroatoms. The average molecular weight is 733 g/mol. The van der Waals surface area contributed by atoms with Gasteiger partial charge in [-0.1, -0.05) is 152 Å². The van der Waals surface area contributed by atoms with Crippen molar-refractivity contribution in [2.24, 2.45) is 0 Å². The fourth-order valence-electron chi connectivity index (χ4n) is 8.49. The lowest BCUT2D eigenvalue weighted by Gasteiger charge is -2.18. The molecule has 6 aromatic carbocycles. The van der Waals surface area contributed by atoms with Gasteiger partial charge in [0.15, 0.2) is 5.82 Å². The first-order chi connectivity index (χ1) is 28.2. The van der Waals surface area contributed by atoms with Crippen LogP contribution in [0, 0.1) is 0 Å². The lowest BCUT2D eigenvalue weighted by molar-refractivity contribution is 0.887. The maximum absolute atomic E-state index is 5.34. The van der Waals surface area contributed by atoms with Crippen LogP contribution in [0.4, 0.5) is 0 Å². The molecule has 0 spiro atoms. The molecule has 1 aliphatic rings. The number of hydrogen-bond acceptors (Lipinski definition) is 2. The van der Waals surface area contributed by atoms with Gasteiger partial charge in [-0.05, 0) is 73.4 Å². The normalized spacial score (nSPS) is 12.4. The average Bonchev–Trinajstić information content (AvgIpc) is 3.79. The number of para-hydroxylation sites is 2. The van der Waals surface area contributed by atoms with Crippen LogP contribution in [0.5, 0.6) is 0 Å². The Hall–Kier alpha value is -7.30. The van der Waals surface area contributed by atoms with Crippen LogP contribution < -0.4 is 0 Å². The number of fused-ring (bicyclic) bond motifs is 4. The van der Waals surface area contributed by atoms with Crippen LogP contribution >= 0.6 is 0 Å². The van der Waals surface area contributed by atoms with Gasteiger partial charge in [-0.3, -0.25) is 0 Å². The Morgan fingerprint density at radius 1 is 0.561 bits per heavy atom. The number of nitrogens with zero attached hydrogens (tertiary/aromatic N) is 4. The Morgan fingerprint density at radius 2 is 1.14 bits per heavy atom. The maximum atomic E-state index is 5.34. The third-order valence-corrected chi connectivity index (χ3v) is 11.1. The SMILES string of the molecule is C=Cc1c(/C=C\C)n(-c2cc(-c3cc(-c4ccc(-c5ccccc5)cc4)nc(-c4ccccc4)n3)cc(-n3c4c(c5ccccc53)C=CCC4)c2)c2ccccc12. The molecule has 1 aliphatic carbocycles. The molecule has 0 aliphatic heterocycles. The highest BCUT2D eigenvalue weighted by Crippen LogP contribution is 2.39. The molecule has 9 aromatic rings. The Kier molecular flexibility index (Phi) is 8.65. The summed E-state index contributed by atoms with van der Waals surface area (Å²) >= 11 is 0. The fourth-order valence-corrected chi connectivity index (χ4v) is 8.49. The highest BCUT2D eigenvalue weighted by molar-refractivity contribution is 5.96. The molecular formula is C53H40N4. The van der Waals surface area contributed by atoms with Crippen LogP contribution in [-0.4, -0.2) is 19.1 Å².